The number of carbonyl (C=O) groups is 1. The van der Waals surface area contributed by atoms with Gasteiger partial charge in [0, 0.05) is 24.1 Å². The lowest BCUT2D eigenvalue weighted by Crippen LogP contribution is -2.08. The van der Waals surface area contributed by atoms with Crippen LogP contribution in [0.2, 0.25) is 0 Å². The van der Waals surface area contributed by atoms with Gasteiger partial charge in [-0.25, -0.2) is 4.79 Å². The average molecular weight is 337 g/mol. The van der Waals surface area contributed by atoms with E-state index in [0.29, 0.717) is 11.6 Å². The molecule has 0 unspecified atom stereocenters. The first-order valence-corrected chi connectivity index (χ1v) is 8.28. The van der Waals surface area contributed by atoms with Crippen molar-refractivity contribution in [3.63, 3.8) is 0 Å². The van der Waals surface area contributed by atoms with Crippen molar-refractivity contribution in [2.75, 3.05) is 0 Å². The van der Waals surface area contributed by atoms with Crippen molar-refractivity contribution in [3.05, 3.63) is 58.7 Å². The lowest BCUT2D eigenvalue weighted by molar-refractivity contribution is -0.139. The Morgan fingerprint density at radius 3 is 2.76 bits per heavy atom. The number of nitrogens with zero attached hydrogens (tertiary/aromatic N) is 3. The van der Waals surface area contributed by atoms with Crippen molar-refractivity contribution in [3.8, 4) is 6.07 Å². The first-order chi connectivity index (χ1) is 11.9. The number of hydrogen-bond acceptors (Lipinski definition) is 4. The maximum atomic E-state index is 12.2. The molecule has 0 aromatic carbocycles. The van der Waals surface area contributed by atoms with Crippen LogP contribution >= 0.6 is 0 Å². The quantitative estimate of drug-likeness (QED) is 0.457. The van der Waals surface area contributed by atoms with E-state index in [-0.39, 0.29) is 12.2 Å². The molecule has 0 radical (unpaired) electrons. The third-order valence-corrected chi connectivity index (χ3v) is 3.88. The molecule has 0 bridgehead atoms. The minimum atomic E-state index is -0.637. The smallest absolute Gasteiger partial charge is 0.349 e. The van der Waals surface area contributed by atoms with Gasteiger partial charge in [0.1, 0.15) is 18.2 Å². The average Bonchev–Trinajstić information content (AvgIpc) is 2.85. The summed E-state index contributed by atoms with van der Waals surface area (Å²) in [5.41, 5.74) is 3.64. The molecule has 0 aliphatic heterocycles. The SMILES string of the molecule is Cc1cc(C=C(C#N)C(=O)OCc2ccccn2)c(C)n1CC(C)C. The highest BCUT2D eigenvalue weighted by molar-refractivity contribution is 5.98. The lowest BCUT2D eigenvalue weighted by atomic mass is 10.1. The van der Waals surface area contributed by atoms with Crippen molar-refractivity contribution < 1.29 is 9.53 Å². The summed E-state index contributed by atoms with van der Waals surface area (Å²) in [6.07, 6.45) is 3.23. The van der Waals surface area contributed by atoms with Crippen LogP contribution in [0.3, 0.4) is 0 Å². The zero-order chi connectivity index (χ0) is 18.4. The van der Waals surface area contributed by atoms with E-state index in [4.69, 9.17) is 4.74 Å². The van der Waals surface area contributed by atoms with Gasteiger partial charge in [-0.15, -0.1) is 0 Å². The maximum absolute atomic E-state index is 12.2. The molecule has 0 amide bonds. The number of aromatic nitrogens is 2. The topological polar surface area (TPSA) is 67.9 Å². The molecule has 0 spiro atoms. The highest BCUT2D eigenvalue weighted by Gasteiger charge is 2.14. The highest BCUT2D eigenvalue weighted by atomic mass is 16.5. The lowest BCUT2D eigenvalue weighted by Gasteiger charge is -2.12. The number of carbonyl (C=O) groups excluding carboxylic acids is 1. The highest BCUT2D eigenvalue weighted by Crippen LogP contribution is 2.20. The number of nitriles is 1. The second-order valence-corrected chi connectivity index (χ2v) is 6.40. The van der Waals surface area contributed by atoms with E-state index >= 15 is 0 Å². The van der Waals surface area contributed by atoms with Crippen LogP contribution in [0, 0.1) is 31.1 Å². The number of esters is 1. The summed E-state index contributed by atoms with van der Waals surface area (Å²) in [6, 6.07) is 9.30. The van der Waals surface area contributed by atoms with Gasteiger partial charge in [0.25, 0.3) is 0 Å². The Morgan fingerprint density at radius 2 is 2.16 bits per heavy atom. The van der Waals surface area contributed by atoms with Gasteiger partial charge >= 0.3 is 5.97 Å². The molecule has 0 N–H and O–H groups in total. The summed E-state index contributed by atoms with van der Waals surface area (Å²) >= 11 is 0. The van der Waals surface area contributed by atoms with E-state index in [0.717, 1.165) is 23.5 Å². The summed E-state index contributed by atoms with van der Waals surface area (Å²) in [5.74, 6) is -0.123. The zero-order valence-corrected chi connectivity index (χ0v) is 15.1. The van der Waals surface area contributed by atoms with Crippen LogP contribution in [0.1, 0.15) is 36.5 Å². The van der Waals surface area contributed by atoms with Gasteiger partial charge in [0.15, 0.2) is 0 Å². The van der Waals surface area contributed by atoms with E-state index in [2.05, 4.69) is 23.4 Å². The Labute approximate surface area is 148 Å². The molecule has 0 aliphatic carbocycles. The van der Waals surface area contributed by atoms with E-state index in [1.54, 1.807) is 24.4 Å². The van der Waals surface area contributed by atoms with E-state index < -0.39 is 5.97 Å². The first-order valence-electron chi connectivity index (χ1n) is 8.28. The molecule has 5 nitrogen and oxygen atoms in total. The molecule has 0 atom stereocenters. The Balaban J connectivity index is 2.17. The summed E-state index contributed by atoms with van der Waals surface area (Å²) in [6.45, 7) is 9.28. The molecular formula is C20H23N3O2. The molecule has 0 fully saturated rings. The third-order valence-electron chi connectivity index (χ3n) is 3.88. The molecule has 2 aromatic rings. The Morgan fingerprint density at radius 1 is 1.40 bits per heavy atom. The van der Waals surface area contributed by atoms with E-state index in [1.165, 1.54) is 0 Å². The molecule has 2 heterocycles. The van der Waals surface area contributed by atoms with Crippen LogP contribution < -0.4 is 0 Å². The van der Waals surface area contributed by atoms with Gasteiger partial charge in [-0.2, -0.15) is 5.26 Å². The number of rotatable bonds is 6. The van der Waals surface area contributed by atoms with Crippen molar-refractivity contribution in [1.29, 1.82) is 5.26 Å². The minimum absolute atomic E-state index is 0.0132. The largest absolute Gasteiger partial charge is 0.455 e. The molecule has 2 aromatic heterocycles. The van der Waals surface area contributed by atoms with E-state index in [9.17, 15) is 10.1 Å². The van der Waals surface area contributed by atoms with Crippen molar-refractivity contribution in [2.24, 2.45) is 5.92 Å². The second kappa shape index (κ2) is 8.29. The second-order valence-electron chi connectivity index (χ2n) is 6.40. The van der Waals surface area contributed by atoms with Gasteiger partial charge in [-0.3, -0.25) is 4.98 Å². The maximum Gasteiger partial charge on any atom is 0.349 e. The van der Waals surface area contributed by atoms with Crippen LogP contribution in [0.25, 0.3) is 6.08 Å². The van der Waals surface area contributed by atoms with Crippen LogP contribution in [-0.4, -0.2) is 15.5 Å². The normalized spacial score (nSPS) is 11.4. The standard InChI is InChI=1S/C20H23N3O2/c1-14(2)12-23-15(3)9-17(16(23)4)10-18(11-21)20(24)25-13-19-7-5-6-8-22-19/h5-10,14H,12-13H2,1-4H3. The summed E-state index contributed by atoms with van der Waals surface area (Å²) in [4.78, 5) is 16.3. The summed E-state index contributed by atoms with van der Waals surface area (Å²) < 4.78 is 7.39. The molecule has 0 saturated carbocycles. The molecule has 130 valence electrons. The molecule has 0 aliphatic rings. The Hall–Kier alpha value is -2.87. The summed E-state index contributed by atoms with van der Waals surface area (Å²) in [7, 11) is 0. The van der Waals surface area contributed by atoms with E-state index in [1.807, 2.05) is 32.0 Å². The van der Waals surface area contributed by atoms with Crippen molar-refractivity contribution in [2.45, 2.75) is 40.8 Å². The van der Waals surface area contributed by atoms with Gasteiger partial charge in [-0.1, -0.05) is 19.9 Å². The Kier molecular flexibility index (Phi) is 6.13. The monoisotopic (exact) mass is 337 g/mol. The molecule has 2 rings (SSSR count). The fourth-order valence-corrected chi connectivity index (χ4v) is 2.61. The fourth-order valence-electron chi connectivity index (χ4n) is 2.61. The minimum Gasteiger partial charge on any atom is -0.455 e. The molecule has 0 saturated heterocycles. The van der Waals surface area contributed by atoms with Gasteiger partial charge in [0.05, 0.1) is 5.69 Å². The predicted octanol–water partition coefficient (Wildman–Crippen LogP) is 3.81. The van der Waals surface area contributed by atoms with Gasteiger partial charge in [0.2, 0.25) is 0 Å². The first kappa shape index (κ1) is 18.5. The number of aryl methyl sites for hydroxylation is 1. The van der Waals surface area contributed by atoms with Crippen LogP contribution in [0.15, 0.2) is 36.0 Å². The Bertz CT molecular complexity index is 811. The van der Waals surface area contributed by atoms with Crippen LogP contribution in [-0.2, 0) is 22.7 Å². The molecular weight excluding hydrogens is 314 g/mol. The van der Waals surface area contributed by atoms with Crippen molar-refractivity contribution >= 4 is 12.0 Å². The number of ether oxygens (including phenoxy) is 1. The fraction of sp³-hybridized carbons (Fsp3) is 0.350. The third kappa shape index (κ3) is 4.80. The van der Waals surface area contributed by atoms with Crippen LogP contribution in [0.5, 0.6) is 0 Å². The van der Waals surface area contributed by atoms with Crippen molar-refractivity contribution in [1.82, 2.24) is 9.55 Å². The molecule has 5 heteroatoms. The zero-order valence-electron chi connectivity index (χ0n) is 15.1. The van der Waals surface area contributed by atoms with Crippen LogP contribution in [0.4, 0.5) is 0 Å². The number of hydrogen-bond donors (Lipinski definition) is 0. The predicted molar refractivity (Wildman–Crippen MR) is 96.4 cm³/mol. The summed E-state index contributed by atoms with van der Waals surface area (Å²) in [5, 5.41) is 9.33. The molecule has 25 heavy (non-hydrogen) atoms. The van der Waals surface area contributed by atoms with Gasteiger partial charge < -0.3 is 9.30 Å². The van der Waals surface area contributed by atoms with Gasteiger partial charge in [-0.05, 0) is 49.6 Å². The number of pyridine rings is 1.